The average Bonchev–Trinajstić information content (AvgIpc) is 2.90. The third kappa shape index (κ3) is 2.08. The average molecular weight is 235 g/mol. The second kappa shape index (κ2) is 4.77. The fraction of sp³-hybridized carbons (Fsp3) is 0.235. The maximum Gasteiger partial charge on any atom is 0.0756 e. The molecule has 1 atom stereocenters. The Morgan fingerprint density at radius 3 is 2.44 bits per heavy atom. The second-order valence-electron chi connectivity index (χ2n) is 4.86. The van der Waals surface area contributed by atoms with Crippen molar-refractivity contribution in [3.05, 3.63) is 71.3 Å². The number of hydrogen-bond acceptors (Lipinski definition) is 1. The predicted molar refractivity (Wildman–Crippen MR) is 76.1 cm³/mol. The Labute approximate surface area is 108 Å². The summed E-state index contributed by atoms with van der Waals surface area (Å²) in [5.41, 5.74) is 5.24. The van der Waals surface area contributed by atoms with Crippen molar-refractivity contribution < 1.29 is 0 Å². The van der Waals surface area contributed by atoms with Crippen molar-refractivity contribution in [2.24, 2.45) is 4.99 Å². The zero-order valence-electron chi connectivity index (χ0n) is 10.6. The molecule has 2 aromatic carbocycles. The first-order valence-electron chi connectivity index (χ1n) is 6.52. The van der Waals surface area contributed by atoms with E-state index in [1.807, 2.05) is 0 Å². The molecular formula is C17H17N. The highest BCUT2D eigenvalue weighted by Gasteiger charge is 2.20. The maximum atomic E-state index is 4.91. The van der Waals surface area contributed by atoms with Crippen LogP contribution in [0.15, 0.2) is 59.6 Å². The van der Waals surface area contributed by atoms with E-state index in [2.05, 4.69) is 61.5 Å². The van der Waals surface area contributed by atoms with Crippen molar-refractivity contribution in [1.29, 1.82) is 0 Å². The summed E-state index contributed by atoms with van der Waals surface area (Å²) in [5.74, 6) is 0. The van der Waals surface area contributed by atoms with E-state index in [4.69, 9.17) is 4.99 Å². The van der Waals surface area contributed by atoms with Crippen molar-refractivity contribution in [1.82, 2.24) is 0 Å². The predicted octanol–water partition coefficient (Wildman–Crippen LogP) is 4.32. The number of hydrogen-bond donors (Lipinski definition) is 0. The fourth-order valence-corrected chi connectivity index (χ4v) is 2.61. The molecule has 1 heteroatoms. The van der Waals surface area contributed by atoms with Crippen LogP contribution in [0, 0.1) is 6.92 Å². The minimum absolute atomic E-state index is 0.348. The van der Waals surface area contributed by atoms with Crippen molar-refractivity contribution in [2.45, 2.75) is 25.8 Å². The number of aliphatic imine (C=N–C) groups is 1. The van der Waals surface area contributed by atoms with E-state index in [0.717, 1.165) is 12.8 Å². The standard InChI is InChI=1S/C17H17N/c1-13-7-5-6-10-15(13)17-12-11-16(18-17)14-8-3-2-4-9-14/h2-10,16H,11-12H2,1H3. The number of rotatable bonds is 2. The molecule has 0 aliphatic carbocycles. The van der Waals surface area contributed by atoms with E-state index < -0.39 is 0 Å². The molecule has 90 valence electrons. The summed E-state index contributed by atoms with van der Waals surface area (Å²) in [6.07, 6.45) is 2.22. The lowest BCUT2D eigenvalue weighted by Crippen LogP contribution is -1.98. The summed E-state index contributed by atoms with van der Waals surface area (Å²) in [7, 11) is 0. The Morgan fingerprint density at radius 2 is 1.67 bits per heavy atom. The zero-order valence-corrected chi connectivity index (χ0v) is 10.6. The molecule has 2 aromatic rings. The molecular weight excluding hydrogens is 218 g/mol. The summed E-state index contributed by atoms with van der Waals surface area (Å²) >= 11 is 0. The van der Waals surface area contributed by atoms with Crippen molar-refractivity contribution in [2.75, 3.05) is 0 Å². The van der Waals surface area contributed by atoms with Crippen molar-refractivity contribution >= 4 is 5.71 Å². The Kier molecular flexibility index (Phi) is 2.97. The summed E-state index contributed by atoms with van der Waals surface area (Å²) < 4.78 is 0. The quantitative estimate of drug-likeness (QED) is 0.735. The zero-order chi connectivity index (χ0) is 12.4. The van der Waals surface area contributed by atoms with Gasteiger partial charge in [0.2, 0.25) is 0 Å². The Hall–Kier alpha value is -1.89. The van der Waals surface area contributed by atoms with Crippen LogP contribution in [0.5, 0.6) is 0 Å². The Balaban J connectivity index is 1.91. The van der Waals surface area contributed by atoms with Gasteiger partial charge in [0.15, 0.2) is 0 Å². The normalized spacial score (nSPS) is 18.7. The summed E-state index contributed by atoms with van der Waals surface area (Å²) in [4.78, 5) is 4.91. The molecule has 0 spiro atoms. The molecule has 1 nitrogen and oxygen atoms in total. The SMILES string of the molecule is Cc1ccccc1C1=NC(c2ccccc2)CC1. The lowest BCUT2D eigenvalue weighted by Gasteiger charge is -2.06. The largest absolute Gasteiger partial charge is 0.281 e. The van der Waals surface area contributed by atoms with Crippen LogP contribution in [0.1, 0.15) is 35.6 Å². The molecule has 0 aromatic heterocycles. The number of nitrogens with zero attached hydrogens (tertiary/aromatic N) is 1. The lowest BCUT2D eigenvalue weighted by molar-refractivity contribution is 0.723. The van der Waals surface area contributed by atoms with Gasteiger partial charge in [-0.1, -0.05) is 54.6 Å². The van der Waals surface area contributed by atoms with E-state index in [-0.39, 0.29) is 0 Å². The molecule has 1 aliphatic rings. The Morgan fingerprint density at radius 1 is 0.944 bits per heavy atom. The third-order valence-electron chi connectivity index (χ3n) is 3.61. The van der Waals surface area contributed by atoms with E-state index in [0.29, 0.717) is 6.04 Å². The van der Waals surface area contributed by atoms with Crippen LogP contribution in [-0.2, 0) is 0 Å². The minimum atomic E-state index is 0.348. The van der Waals surface area contributed by atoms with Crippen LogP contribution in [0.25, 0.3) is 0 Å². The van der Waals surface area contributed by atoms with Gasteiger partial charge < -0.3 is 0 Å². The lowest BCUT2D eigenvalue weighted by atomic mass is 10.0. The number of benzene rings is 2. The van der Waals surface area contributed by atoms with E-state index in [1.54, 1.807) is 0 Å². The minimum Gasteiger partial charge on any atom is -0.281 e. The van der Waals surface area contributed by atoms with Gasteiger partial charge in [0, 0.05) is 5.71 Å². The summed E-state index contributed by atoms with van der Waals surface area (Å²) in [6.45, 7) is 2.16. The fourth-order valence-electron chi connectivity index (χ4n) is 2.61. The smallest absolute Gasteiger partial charge is 0.0756 e. The van der Waals surface area contributed by atoms with Gasteiger partial charge in [0.1, 0.15) is 0 Å². The van der Waals surface area contributed by atoms with Crippen molar-refractivity contribution in [3.8, 4) is 0 Å². The van der Waals surface area contributed by atoms with Gasteiger partial charge in [-0.2, -0.15) is 0 Å². The van der Waals surface area contributed by atoms with Gasteiger partial charge in [-0.3, -0.25) is 4.99 Å². The van der Waals surface area contributed by atoms with Crippen LogP contribution >= 0.6 is 0 Å². The third-order valence-corrected chi connectivity index (χ3v) is 3.61. The molecule has 0 fully saturated rings. The highest BCUT2D eigenvalue weighted by atomic mass is 14.8. The van der Waals surface area contributed by atoms with Crippen molar-refractivity contribution in [3.63, 3.8) is 0 Å². The first-order valence-corrected chi connectivity index (χ1v) is 6.52. The monoisotopic (exact) mass is 235 g/mol. The molecule has 0 N–H and O–H groups in total. The Bertz CT molecular complexity index is 569. The van der Waals surface area contributed by atoms with E-state index in [9.17, 15) is 0 Å². The molecule has 0 saturated heterocycles. The van der Waals surface area contributed by atoms with Gasteiger partial charge in [-0.25, -0.2) is 0 Å². The molecule has 1 aliphatic heterocycles. The van der Waals surface area contributed by atoms with Crippen LogP contribution in [-0.4, -0.2) is 5.71 Å². The van der Waals surface area contributed by atoms with Crippen LogP contribution in [0.4, 0.5) is 0 Å². The molecule has 0 bridgehead atoms. The topological polar surface area (TPSA) is 12.4 Å². The first kappa shape index (κ1) is 11.2. The summed E-state index contributed by atoms with van der Waals surface area (Å²) in [5, 5.41) is 0. The first-order chi connectivity index (χ1) is 8.84. The second-order valence-corrected chi connectivity index (χ2v) is 4.86. The molecule has 0 radical (unpaired) electrons. The molecule has 3 rings (SSSR count). The summed E-state index contributed by atoms with van der Waals surface area (Å²) in [6, 6.07) is 19.5. The van der Waals surface area contributed by atoms with Gasteiger partial charge in [0.05, 0.1) is 6.04 Å². The molecule has 18 heavy (non-hydrogen) atoms. The molecule has 1 unspecified atom stereocenters. The molecule has 0 amide bonds. The molecule has 1 heterocycles. The van der Waals surface area contributed by atoms with Gasteiger partial charge in [-0.15, -0.1) is 0 Å². The molecule has 0 saturated carbocycles. The maximum absolute atomic E-state index is 4.91. The number of aryl methyl sites for hydroxylation is 1. The highest BCUT2D eigenvalue weighted by Crippen LogP contribution is 2.31. The van der Waals surface area contributed by atoms with Crippen LogP contribution < -0.4 is 0 Å². The highest BCUT2D eigenvalue weighted by molar-refractivity contribution is 6.02. The van der Waals surface area contributed by atoms with E-state index in [1.165, 1.54) is 22.4 Å². The van der Waals surface area contributed by atoms with Gasteiger partial charge >= 0.3 is 0 Å². The van der Waals surface area contributed by atoms with Crippen LogP contribution in [0.2, 0.25) is 0 Å². The van der Waals surface area contributed by atoms with Gasteiger partial charge in [0.25, 0.3) is 0 Å². The van der Waals surface area contributed by atoms with Gasteiger partial charge in [-0.05, 0) is 36.5 Å². The van der Waals surface area contributed by atoms with Crippen LogP contribution in [0.3, 0.4) is 0 Å². The van der Waals surface area contributed by atoms with E-state index >= 15 is 0 Å².